The highest BCUT2D eigenvalue weighted by molar-refractivity contribution is 4.88. The number of hydrogen-bond acceptors (Lipinski definition) is 1. The molecule has 4 heteroatoms. The van der Waals surface area contributed by atoms with Gasteiger partial charge in [0.25, 0.3) is 0 Å². The van der Waals surface area contributed by atoms with Crippen LogP contribution in [0.3, 0.4) is 0 Å². The Kier molecular flexibility index (Phi) is 4.25. The highest BCUT2D eigenvalue weighted by atomic mass is 19.4. The van der Waals surface area contributed by atoms with Crippen molar-refractivity contribution in [1.82, 2.24) is 0 Å². The van der Waals surface area contributed by atoms with Crippen molar-refractivity contribution in [3.63, 3.8) is 0 Å². The van der Waals surface area contributed by atoms with Crippen molar-refractivity contribution in [2.45, 2.75) is 76.0 Å². The Balaban J connectivity index is 1.76. The van der Waals surface area contributed by atoms with Crippen LogP contribution in [0.25, 0.3) is 0 Å². The summed E-state index contributed by atoms with van der Waals surface area (Å²) in [4.78, 5) is 0. The minimum Gasteiger partial charge on any atom is -0.390 e. The van der Waals surface area contributed by atoms with Gasteiger partial charge in [-0.15, -0.1) is 0 Å². The van der Waals surface area contributed by atoms with Gasteiger partial charge in [0, 0.05) is 0 Å². The van der Waals surface area contributed by atoms with E-state index in [-0.39, 0.29) is 12.8 Å². The Bertz CT molecular complexity index is 261. The van der Waals surface area contributed by atoms with Crippen LogP contribution in [-0.2, 0) is 0 Å². The first-order valence-corrected chi connectivity index (χ1v) is 7.18. The molecule has 0 amide bonds. The van der Waals surface area contributed by atoms with E-state index in [0.29, 0.717) is 25.2 Å². The van der Waals surface area contributed by atoms with Crippen molar-refractivity contribution in [2.24, 2.45) is 11.8 Å². The van der Waals surface area contributed by atoms with Crippen LogP contribution in [0.4, 0.5) is 13.2 Å². The maximum atomic E-state index is 12.5. The smallest absolute Gasteiger partial charge is 0.390 e. The Morgan fingerprint density at radius 1 is 1.00 bits per heavy atom. The summed E-state index contributed by atoms with van der Waals surface area (Å²) in [5.74, 6) is -0.487. The quantitative estimate of drug-likeness (QED) is 0.799. The first-order chi connectivity index (χ1) is 8.39. The molecule has 0 spiro atoms. The lowest BCUT2D eigenvalue weighted by molar-refractivity contribution is -0.192. The molecule has 1 N–H and O–H groups in total. The van der Waals surface area contributed by atoms with Crippen LogP contribution in [0.5, 0.6) is 0 Å². The summed E-state index contributed by atoms with van der Waals surface area (Å²) in [6.07, 6.45) is 3.49. The van der Waals surface area contributed by atoms with Crippen molar-refractivity contribution in [3.8, 4) is 0 Å². The number of halogens is 3. The standard InChI is InChI=1S/C14H23F3O/c15-14(16,17)12-6-9-13(18,10-7-12)8-5-11-3-1-2-4-11/h11-12,18H,1-10H2. The Morgan fingerprint density at radius 3 is 2.06 bits per heavy atom. The summed E-state index contributed by atoms with van der Waals surface area (Å²) < 4.78 is 37.6. The van der Waals surface area contributed by atoms with Gasteiger partial charge < -0.3 is 5.11 Å². The number of alkyl halides is 3. The average Bonchev–Trinajstić information content (AvgIpc) is 2.79. The Morgan fingerprint density at radius 2 is 1.56 bits per heavy atom. The maximum Gasteiger partial charge on any atom is 0.391 e. The molecule has 0 aliphatic heterocycles. The van der Waals surface area contributed by atoms with Crippen molar-refractivity contribution < 1.29 is 18.3 Å². The molecule has 0 saturated heterocycles. The molecular weight excluding hydrogens is 241 g/mol. The summed E-state index contributed by atoms with van der Waals surface area (Å²) in [5.41, 5.74) is -0.815. The molecule has 2 aliphatic carbocycles. The number of rotatable bonds is 3. The van der Waals surface area contributed by atoms with Crippen molar-refractivity contribution in [3.05, 3.63) is 0 Å². The van der Waals surface area contributed by atoms with Crippen LogP contribution >= 0.6 is 0 Å². The molecule has 2 rings (SSSR count). The molecule has 2 fully saturated rings. The van der Waals surface area contributed by atoms with Crippen LogP contribution < -0.4 is 0 Å². The molecule has 0 unspecified atom stereocenters. The normalized spacial score (nSPS) is 35.0. The van der Waals surface area contributed by atoms with Crippen LogP contribution in [0.2, 0.25) is 0 Å². The topological polar surface area (TPSA) is 20.2 Å². The third-order valence-corrected chi connectivity index (χ3v) is 4.87. The zero-order chi connectivity index (χ0) is 13.2. The van der Waals surface area contributed by atoms with Gasteiger partial charge in [-0.3, -0.25) is 0 Å². The zero-order valence-electron chi connectivity index (χ0n) is 10.8. The van der Waals surface area contributed by atoms with E-state index in [1.807, 2.05) is 0 Å². The predicted octanol–water partition coefficient (Wildman–Crippen LogP) is 4.44. The SMILES string of the molecule is OC1(CCC2CCCC2)CCC(C(F)(F)F)CC1. The fraction of sp³-hybridized carbons (Fsp3) is 1.00. The van der Waals surface area contributed by atoms with Crippen molar-refractivity contribution >= 4 is 0 Å². The average molecular weight is 264 g/mol. The number of hydrogen-bond donors (Lipinski definition) is 1. The Hall–Kier alpha value is -0.250. The molecule has 2 aliphatic rings. The van der Waals surface area contributed by atoms with E-state index in [1.54, 1.807) is 0 Å². The van der Waals surface area contributed by atoms with Gasteiger partial charge in [-0.1, -0.05) is 25.7 Å². The highest BCUT2D eigenvalue weighted by Crippen LogP contribution is 2.43. The molecule has 2 saturated carbocycles. The van der Waals surface area contributed by atoms with Gasteiger partial charge in [0.2, 0.25) is 0 Å². The summed E-state index contributed by atoms with van der Waals surface area (Å²) in [7, 11) is 0. The van der Waals surface area contributed by atoms with E-state index in [4.69, 9.17) is 0 Å². The third-order valence-electron chi connectivity index (χ3n) is 4.87. The van der Waals surface area contributed by atoms with Crippen LogP contribution in [-0.4, -0.2) is 16.9 Å². The second-order valence-electron chi connectivity index (χ2n) is 6.23. The lowest BCUT2D eigenvalue weighted by Gasteiger charge is -2.37. The largest absolute Gasteiger partial charge is 0.391 e. The second-order valence-corrected chi connectivity index (χ2v) is 6.23. The first-order valence-electron chi connectivity index (χ1n) is 7.18. The lowest BCUT2D eigenvalue weighted by Crippen LogP contribution is -2.38. The highest BCUT2D eigenvalue weighted by Gasteiger charge is 2.45. The molecule has 0 radical (unpaired) electrons. The van der Waals surface area contributed by atoms with Gasteiger partial charge in [0.15, 0.2) is 0 Å². The molecule has 0 atom stereocenters. The van der Waals surface area contributed by atoms with Gasteiger partial charge in [-0.05, 0) is 44.4 Å². The van der Waals surface area contributed by atoms with Gasteiger partial charge in [-0.2, -0.15) is 13.2 Å². The molecule has 0 bridgehead atoms. The molecule has 0 aromatic rings. The van der Waals surface area contributed by atoms with E-state index in [9.17, 15) is 18.3 Å². The van der Waals surface area contributed by atoms with Crippen LogP contribution in [0.15, 0.2) is 0 Å². The molecule has 0 heterocycles. The second kappa shape index (κ2) is 5.40. The van der Waals surface area contributed by atoms with Crippen LogP contribution in [0.1, 0.15) is 64.2 Å². The van der Waals surface area contributed by atoms with E-state index >= 15 is 0 Å². The van der Waals surface area contributed by atoms with E-state index in [0.717, 1.165) is 6.42 Å². The molecule has 18 heavy (non-hydrogen) atoms. The number of aliphatic hydroxyl groups is 1. The summed E-state index contributed by atoms with van der Waals surface area (Å²) in [5, 5.41) is 10.3. The van der Waals surface area contributed by atoms with Gasteiger partial charge in [0.1, 0.15) is 0 Å². The zero-order valence-corrected chi connectivity index (χ0v) is 10.8. The van der Waals surface area contributed by atoms with Crippen molar-refractivity contribution in [1.29, 1.82) is 0 Å². The van der Waals surface area contributed by atoms with E-state index in [2.05, 4.69) is 0 Å². The van der Waals surface area contributed by atoms with Crippen molar-refractivity contribution in [2.75, 3.05) is 0 Å². The summed E-state index contributed by atoms with van der Waals surface area (Å²) in [6, 6.07) is 0. The Labute approximate surface area is 107 Å². The molecule has 0 aromatic heterocycles. The fourth-order valence-corrected chi connectivity index (χ4v) is 3.50. The third kappa shape index (κ3) is 3.62. The molecule has 106 valence electrons. The van der Waals surface area contributed by atoms with Crippen LogP contribution in [0, 0.1) is 11.8 Å². The van der Waals surface area contributed by atoms with E-state index in [1.165, 1.54) is 25.7 Å². The van der Waals surface area contributed by atoms with E-state index < -0.39 is 17.7 Å². The fourth-order valence-electron chi connectivity index (χ4n) is 3.50. The molecular formula is C14H23F3O. The predicted molar refractivity (Wildman–Crippen MR) is 64.2 cm³/mol. The summed E-state index contributed by atoms with van der Waals surface area (Å²) in [6.45, 7) is 0. The van der Waals surface area contributed by atoms with Gasteiger partial charge in [-0.25, -0.2) is 0 Å². The lowest BCUT2D eigenvalue weighted by atomic mass is 9.75. The van der Waals surface area contributed by atoms with Gasteiger partial charge in [0.05, 0.1) is 11.5 Å². The van der Waals surface area contributed by atoms with Gasteiger partial charge >= 0.3 is 6.18 Å². The minimum absolute atomic E-state index is 0.102. The monoisotopic (exact) mass is 264 g/mol. The molecule has 1 nitrogen and oxygen atoms in total. The molecule has 0 aromatic carbocycles. The first kappa shape index (κ1) is 14.2. The maximum absolute atomic E-state index is 12.5. The minimum atomic E-state index is -4.08. The summed E-state index contributed by atoms with van der Waals surface area (Å²) >= 11 is 0.